The lowest BCUT2D eigenvalue weighted by molar-refractivity contribution is -0.120. The quantitative estimate of drug-likeness (QED) is 0.892. The number of hydrogen-bond donors (Lipinski definition) is 1. The number of carbonyl (C=O) groups excluding carboxylic acids is 1. The zero-order chi connectivity index (χ0) is 15.6. The van der Waals surface area contributed by atoms with E-state index in [2.05, 4.69) is 5.32 Å². The highest BCUT2D eigenvalue weighted by molar-refractivity contribution is 7.84. The monoisotopic (exact) mass is 302 g/mol. The summed E-state index contributed by atoms with van der Waals surface area (Å²) in [6.45, 7) is 4.49. The number of nitrogens with one attached hydrogen (secondary N) is 1. The Labute approximate surface area is 121 Å². The highest BCUT2D eigenvalue weighted by atomic mass is 32.2. The molecule has 6 nitrogen and oxygen atoms in total. The van der Waals surface area contributed by atoms with Crippen LogP contribution in [0.15, 0.2) is 30.3 Å². The molecule has 0 saturated heterocycles. The van der Waals surface area contributed by atoms with E-state index in [1.165, 1.54) is 14.1 Å². The maximum atomic E-state index is 11.2. The van der Waals surface area contributed by atoms with Gasteiger partial charge < -0.3 is 9.50 Å². The van der Waals surface area contributed by atoms with Crippen LogP contribution in [0.1, 0.15) is 20.3 Å². The van der Waals surface area contributed by atoms with Gasteiger partial charge in [-0.15, -0.1) is 0 Å². The van der Waals surface area contributed by atoms with Gasteiger partial charge in [0, 0.05) is 27.1 Å². The molecule has 0 aromatic heterocycles. The van der Waals surface area contributed by atoms with Crippen LogP contribution >= 0.6 is 0 Å². The molecular weight excluding hydrogens is 280 g/mol. The van der Waals surface area contributed by atoms with Crippen LogP contribution in [0, 0.1) is 0 Å². The summed E-state index contributed by atoms with van der Waals surface area (Å²) in [4.78, 5) is 10.3. The van der Waals surface area contributed by atoms with Crippen molar-refractivity contribution in [2.75, 3.05) is 20.6 Å². The van der Waals surface area contributed by atoms with Crippen LogP contribution in [-0.4, -0.2) is 39.3 Å². The van der Waals surface area contributed by atoms with Crippen LogP contribution in [0.25, 0.3) is 0 Å². The molecule has 7 heteroatoms. The average Bonchev–Trinajstić information content (AvgIpc) is 2.40. The topological polar surface area (TPSA) is 75.7 Å². The second-order valence-corrected chi connectivity index (χ2v) is 5.70. The van der Waals surface area contributed by atoms with Crippen molar-refractivity contribution in [3.63, 3.8) is 0 Å². The van der Waals surface area contributed by atoms with Crippen molar-refractivity contribution >= 4 is 16.2 Å². The molecule has 0 fully saturated rings. The lowest BCUT2D eigenvalue weighted by Crippen LogP contribution is -2.26. The Morgan fingerprint density at radius 2 is 1.75 bits per heavy atom. The molecule has 0 bridgehead atoms. The Hall–Kier alpha value is -1.60. The van der Waals surface area contributed by atoms with Gasteiger partial charge in [-0.05, 0) is 19.1 Å². The molecule has 0 unspecified atom stereocenters. The van der Waals surface area contributed by atoms with E-state index < -0.39 is 10.3 Å². The summed E-state index contributed by atoms with van der Waals surface area (Å²) in [5, 5.41) is 2.66. The fourth-order valence-electron chi connectivity index (χ4n) is 0.994. The van der Waals surface area contributed by atoms with Crippen LogP contribution in [0.2, 0.25) is 0 Å². The van der Waals surface area contributed by atoms with E-state index >= 15 is 0 Å². The average molecular weight is 302 g/mol. The van der Waals surface area contributed by atoms with Crippen molar-refractivity contribution in [1.82, 2.24) is 9.62 Å². The van der Waals surface area contributed by atoms with E-state index in [4.69, 9.17) is 4.18 Å². The van der Waals surface area contributed by atoms with Crippen molar-refractivity contribution in [2.45, 2.75) is 20.3 Å². The molecule has 0 aliphatic rings. The summed E-state index contributed by atoms with van der Waals surface area (Å²) in [5.41, 5.74) is 0. The molecule has 0 saturated carbocycles. The van der Waals surface area contributed by atoms with E-state index in [9.17, 15) is 13.2 Å². The van der Waals surface area contributed by atoms with Gasteiger partial charge >= 0.3 is 10.3 Å². The maximum Gasteiger partial charge on any atom is 0.384 e. The molecule has 0 aliphatic heterocycles. The molecule has 0 radical (unpaired) electrons. The summed E-state index contributed by atoms with van der Waals surface area (Å²) in [6, 6.07) is 8.37. The maximum absolute atomic E-state index is 11.2. The van der Waals surface area contributed by atoms with Crippen molar-refractivity contribution in [1.29, 1.82) is 0 Å². The highest BCUT2D eigenvalue weighted by Crippen LogP contribution is 2.12. The van der Waals surface area contributed by atoms with E-state index in [-0.39, 0.29) is 5.91 Å². The van der Waals surface area contributed by atoms with Crippen molar-refractivity contribution in [3.05, 3.63) is 30.3 Å². The van der Waals surface area contributed by atoms with Gasteiger partial charge in [-0.25, -0.2) is 0 Å². The van der Waals surface area contributed by atoms with Crippen molar-refractivity contribution < 1.29 is 17.4 Å². The molecule has 1 aromatic rings. The van der Waals surface area contributed by atoms with Gasteiger partial charge in [0.2, 0.25) is 5.91 Å². The minimum atomic E-state index is -3.62. The molecule has 114 valence electrons. The highest BCUT2D eigenvalue weighted by Gasteiger charge is 2.14. The Morgan fingerprint density at radius 3 is 2.10 bits per heavy atom. The van der Waals surface area contributed by atoms with Crippen LogP contribution in [0.5, 0.6) is 5.75 Å². The summed E-state index contributed by atoms with van der Waals surface area (Å²) in [5.74, 6) is 0.443. The fraction of sp³-hybridized carbons (Fsp3) is 0.462. The molecule has 1 amide bonds. The first-order valence-corrected chi connectivity index (χ1v) is 7.63. The zero-order valence-corrected chi connectivity index (χ0v) is 13.1. The van der Waals surface area contributed by atoms with E-state index in [1.54, 1.807) is 30.3 Å². The third-order valence-corrected chi connectivity index (χ3v) is 3.38. The molecule has 1 aromatic carbocycles. The predicted molar refractivity (Wildman–Crippen MR) is 78.7 cm³/mol. The van der Waals surface area contributed by atoms with E-state index in [1.807, 2.05) is 13.8 Å². The van der Waals surface area contributed by atoms with Gasteiger partial charge in [-0.2, -0.15) is 12.7 Å². The molecule has 1 N–H and O–H groups in total. The normalized spacial score (nSPS) is 10.4. The first-order valence-electron chi connectivity index (χ1n) is 6.27. The number of amides is 1. The number of carbonyl (C=O) groups is 1. The summed E-state index contributed by atoms with van der Waals surface area (Å²) >= 11 is 0. The number of rotatable bonds is 5. The SMILES string of the molecule is CCNC(=O)CC.CN(C)S(=O)(=O)Oc1ccccc1. The smallest absolute Gasteiger partial charge is 0.371 e. The number of nitrogens with zero attached hydrogens (tertiary/aromatic N) is 1. The minimum absolute atomic E-state index is 0.127. The van der Waals surface area contributed by atoms with Gasteiger partial charge in [-0.3, -0.25) is 4.79 Å². The lowest BCUT2D eigenvalue weighted by atomic mass is 10.3. The summed E-state index contributed by atoms with van der Waals surface area (Å²) in [6.07, 6.45) is 0.591. The van der Waals surface area contributed by atoms with Crippen LogP contribution in [-0.2, 0) is 15.1 Å². The zero-order valence-electron chi connectivity index (χ0n) is 12.3. The molecule has 0 aliphatic carbocycles. The molecule has 20 heavy (non-hydrogen) atoms. The predicted octanol–water partition coefficient (Wildman–Crippen LogP) is 1.40. The molecular formula is C13H22N2O4S. The second-order valence-electron chi connectivity index (χ2n) is 3.94. The Morgan fingerprint density at radius 1 is 1.20 bits per heavy atom. The van der Waals surface area contributed by atoms with Crippen molar-refractivity contribution in [3.8, 4) is 5.75 Å². The third kappa shape index (κ3) is 7.75. The third-order valence-electron chi connectivity index (χ3n) is 2.09. The molecule has 0 spiro atoms. The Kier molecular flexibility index (Phi) is 8.58. The van der Waals surface area contributed by atoms with Gasteiger partial charge in [0.05, 0.1) is 0 Å². The Bertz CT molecular complexity index is 486. The van der Waals surface area contributed by atoms with Gasteiger partial charge in [-0.1, -0.05) is 25.1 Å². The fourth-order valence-corrected chi connectivity index (χ4v) is 1.50. The van der Waals surface area contributed by atoms with E-state index in [0.717, 1.165) is 10.8 Å². The van der Waals surface area contributed by atoms with Gasteiger partial charge in [0.25, 0.3) is 0 Å². The van der Waals surface area contributed by atoms with Crippen LogP contribution in [0.3, 0.4) is 0 Å². The van der Waals surface area contributed by atoms with Crippen molar-refractivity contribution in [2.24, 2.45) is 0 Å². The standard InChI is InChI=1S/C8H11NO3S.C5H11NO/c1-9(2)13(10,11)12-8-6-4-3-5-7-8;1-3-5(7)6-4-2/h3-7H,1-2H3;3-4H2,1-2H3,(H,6,7). The molecule has 0 atom stereocenters. The van der Waals surface area contributed by atoms with E-state index in [0.29, 0.717) is 12.2 Å². The van der Waals surface area contributed by atoms with Crippen LogP contribution in [0.4, 0.5) is 0 Å². The minimum Gasteiger partial charge on any atom is -0.371 e. The number of benzene rings is 1. The molecule has 1 rings (SSSR count). The Balaban J connectivity index is 0.000000441. The summed E-state index contributed by atoms with van der Waals surface area (Å²) in [7, 11) is -0.788. The van der Waals surface area contributed by atoms with Crippen LogP contribution < -0.4 is 9.50 Å². The molecule has 0 heterocycles. The second kappa shape index (κ2) is 9.33. The van der Waals surface area contributed by atoms with Gasteiger partial charge in [0.1, 0.15) is 5.75 Å². The number of hydrogen-bond acceptors (Lipinski definition) is 4. The largest absolute Gasteiger partial charge is 0.384 e. The first kappa shape index (κ1) is 18.4. The first-order chi connectivity index (χ1) is 9.33. The van der Waals surface area contributed by atoms with Gasteiger partial charge in [0.15, 0.2) is 0 Å². The lowest BCUT2D eigenvalue weighted by Gasteiger charge is -2.11. The summed E-state index contributed by atoms with van der Waals surface area (Å²) < 4.78 is 28.2. The number of para-hydroxylation sites is 1.